The lowest BCUT2D eigenvalue weighted by atomic mass is 11.2. The topological polar surface area (TPSA) is 101 Å². The molecule has 7 heavy (non-hydrogen) atoms. The number of amidine groups is 1. The number of hydrogen-bond acceptors (Lipinski definition) is 3. The fourth-order valence-electron chi connectivity index (χ4n) is 0.0764. The van der Waals surface area contributed by atoms with Gasteiger partial charge in [-0.05, 0) is 0 Å². The average molecular weight is 104 g/mol. The minimum atomic E-state index is -1.21. The van der Waals surface area contributed by atoms with Gasteiger partial charge in [0, 0.05) is 0 Å². The van der Waals surface area contributed by atoms with Gasteiger partial charge in [0.1, 0.15) is 0 Å². The van der Waals surface area contributed by atoms with Crippen LogP contribution in [0.5, 0.6) is 0 Å². The van der Waals surface area contributed by atoms with Crippen molar-refractivity contribution >= 4 is 6.02 Å². The van der Waals surface area contributed by atoms with Crippen molar-refractivity contribution < 1.29 is 9.92 Å². The molecule has 0 aliphatic carbocycles. The summed E-state index contributed by atoms with van der Waals surface area (Å²) >= 11 is 0. The molecular formula is CH2N3O3. The SMILES string of the molecule is [N]=C(N)O[N+](=O)[O-]. The highest BCUT2D eigenvalue weighted by molar-refractivity contribution is 5.67. The van der Waals surface area contributed by atoms with E-state index in [0.717, 1.165) is 0 Å². The van der Waals surface area contributed by atoms with Crippen LogP contribution in [0.3, 0.4) is 0 Å². The molecule has 1 radical (unpaired) electrons. The van der Waals surface area contributed by atoms with Gasteiger partial charge >= 0.3 is 5.09 Å². The Balaban J connectivity index is 3.32. The molecule has 0 saturated heterocycles. The van der Waals surface area contributed by atoms with Gasteiger partial charge < -0.3 is 5.73 Å². The first-order chi connectivity index (χ1) is 3.13. The summed E-state index contributed by atoms with van der Waals surface area (Å²) in [6, 6.07) is -1.16. The molecular weight excluding hydrogens is 102 g/mol. The second kappa shape index (κ2) is 1.96. The monoisotopic (exact) mass is 104 g/mol. The first-order valence-corrected chi connectivity index (χ1v) is 1.26. The molecule has 0 aromatic carbocycles. The molecule has 39 valence electrons. The Hall–Kier alpha value is -1.33. The van der Waals surface area contributed by atoms with Gasteiger partial charge in [-0.1, -0.05) is 0 Å². The Morgan fingerprint density at radius 1 is 2.00 bits per heavy atom. The lowest BCUT2D eigenvalue weighted by Crippen LogP contribution is -2.20. The average Bonchev–Trinajstić information content (AvgIpc) is 1.27. The Morgan fingerprint density at radius 3 is 2.43 bits per heavy atom. The van der Waals surface area contributed by atoms with Crippen molar-refractivity contribution in [1.82, 2.24) is 5.41 Å². The molecule has 0 aromatic rings. The number of nitrogens with zero attached hydrogens (tertiary/aromatic N) is 2. The van der Waals surface area contributed by atoms with Crippen molar-refractivity contribution in [2.75, 3.05) is 0 Å². The van der Waals surface area contributed by atoms with Crippen molar-refractivity contribution in [3.05, 3.63) is 10.1 Å². The summed E-state index contributed by atoms with van der Waals surface area (Å²) in [6.45, 7) is 0. The lowest BCUT2D eigenvalue weighted by Gasteiger charge is -1.85. The minimum absolute atomic E-state index is 1.16. The van der Waals surface area contributed by atoms with Crippen LogP contribution in [0.1, 0.15) is 0 Å². The molecule has 2 N–H and O–H groups in total. The Kier molecular flexibility index (Phi) is 1.58. The van der Waals surface area contributed by atoms with E-state index in [1.54, 1.807) is 0 Å². The predicted octanol–water partition coefficient (Wildman–Crippen LogP) is -1.69. The van der Waals surface area contributed by atoms with E-state index in [-0.39, 0.29) is 0 Å². The van der Waals surface area contributed by atoms with E-state index in [1.165, 1.54) is 0 Å². The Labute approximate surface area is 38.5 Å². The second-order valence-corrected chi connectivity index (χ2v) is 0.653. The van der Waals surface area contributed by atoms with Crippen molar-refractivity contribution in [2.45, 2.75) is 0 Å². The fourth-order valence-corrected chi connectivity index (χ4v) is 0.0764. The molecule has 0 spiro atoms. The van der Waals surface area contributed by atoms with Crippen LogP contribution in [-0.2, 0) is 4.84 Å². The van der Waals surface area contributed by atoms with Crippen LogP contribution in [0.4, 0.5) is 0 Å². The maximum atomic E-state index is 9.13. The normalized spacial score (nSPS) is 7.43. The molecule has 0 bridgehead atoms. The van der Waals surface area contributed by atoms with E-state index in [9.17, 15) is 0 Å². The van der Waals surface area contributed by atoms with Gasteiger partial charge in [0.2, 0.25) is 0 Å². The highest BCUT2D eigenvalue weighted by atomic mass is 17.0. The smallest absolute Gasteiger partial charge is 0.302 e. The van der Waals surface area contributed by atoms with Crippen LogP contribution in [0.15, 0.2) is 0 Å². The third-order valence-corrected chi connectivity index (χ3v) is 0.168. The molecule has 0 atom stereocenters. The number of hydrogen-bond donors (Lipinski definition) is 1. The highest BCUT2D eigenvalue weighted by Gasteiger charge is 1.93. The van der Waals surface area contributed by atoms with Crippen molar-refractivity contribution in [1.29, 1.82) is 0 Å². The predicted molar refractivity (Wildman–Crippen MR) is 19.4 cm³/mol. The molecule has 0 heterocycles. The molecule has 0 aromatic heterocycles. The van der Waals surface area contributed by atoms with E-state index in [4.69, 9.17) is 15.5 Å². The van der Waals surface area contributed by atoms with E-state index >= 15 is 0 Å². The molecule has 0 rings (SSSR count). The van der Waals surface area contributed by atoms with Crippen LogP contribution in [-0.4, -0.2) is 11.1 Å². The molecule has 0 aliphatic rings. The van der Waals surface area contributed by atoms with E-state index in [1.807, 2.05) is 0 Å². The molecule has 0 unspecified atom stereocenters. The van der Waals surface area contributed by atoms with Crippen molar-refractivity contribution in [3.8, 4) is 0 Å². The number of nitrogens with two attached hydrogens (primary N) is 1. The van der Waals surface area contributed by atoms with Gasteiger partial charge in [-0.3, -0.25) is 0 Å². The molecule has 6 nitrogen and oxygen atoms in total. The zero-order valence-electron chi connectivity index (χ0n) is 3.20. The quantitative estimate of drug-likeness (QED) is 0.185. The highest BCUT2D eigenvalue weighted by Crippen LogP contribution is 1.65. The third kappa shape index (κ3) is 4.67. The summed E-state index contributed by atoms with van der Waals surface area (Å²) in [5, 5.41) is 15.7. The van der Waals surface area contributed by atoms with Gasteiger partial charge in [0.05, 0.1) is 0 Å². The lowest BCUT2D eigenvalue weighted by molar-refractivity contribution is -0.724. The van der Waals surface area contributed by atoms with Crippen LogP contribution in [0, 0.1) is 10.1 Å². The molecule has 0 amide bonds. The zero-order valence-corrected chi connectivity index (χ0v) is 3.20. The van der Waals surface area contributed by atoms with Gasteiger partial charge in [-0.15, -0.1) is 15.5 Å². The van der Waals surface area contributed by atoms with Crippen LogP contribution >= 0.6 is 0 Å². The van der Waals surface area contributed by atoms with E-state index in [2.05, 4.69) is 10.6 Å². The summed E-state index contributed by atoms with van der Waals surface area (Å²) in [7, 11) is 0. The second-order valence-electron chi connectivity index (χ2n) is 0.653. The van der Waals surface area contributed by atoms with E-state index in [0.29, 0.717) is 0 Å². The summed E-state index contributed by atoms with van der Waals surface area (Å²) < 4.78 is 0. The van der Waals surface area contributed by atoms with Crippen LogP contribution in [0.2, 0.25) is 0 Å². The van der Waals surface area contributed by atoms with Crippen LogP contribution in [0.25, 0.3) is 0 Å². The molecule has 6 heteroatoms. The van der Waals surface area contributed by atoms with Crippen LogP contribution < -0.4 is 11.1 Å². The maximum Gasteiger partial charge on any atom is 0.302 e. The molecule has 0 saturated carbocycles. The van der Waals surface area contributed by atoms with Crippen molar-refractivity contribution in [3.63, 3.8) is 0 Å². The first-order valence-electron chi connectivity index (χ1n) is 1.26. The van der Waals surface area contributed by atoms with Gasteiger partial charge in [0.15, 0.2) is 0 Å². The minimum Gasteiger partial charge on any atom is -0.363 e. The first kappa shape index (κ1) is 5.67. The maximum absolute atomic E-state index is 9.13. The largest absolute Gasteiger partial charge is 0.363 e. The van der Waals surface area contributed by atoms with Gasteiger partial charge in [-0.2, -0.15) is 0 Å². The summed E-state index contributed by atoms with van der Waals surface area (Å²) in [4.78, 5) is 12.4. The van der Waals surface area contributed by atoms with Gasteiger partial charge in [0.25, 0.3) is 6.02 Å². The Bertz CT molecular complexity index is 86.4. The molecule has 0 aliphatic heterocycles. The summed E-state index contributed by atoms with van der Waals surface area (Å²) in [5.74, 6) is 0. The third-order valence-electron chi connectivity index (χ3n) is 0.168. The van der Waals surface area contributed by atoms with E-state index < -0.39 is 11.1 Å². The molecule has 0 fully saturated rings. The zero-order chi connectivity index (χ0) is 5.86. The standard InChI is InChI=1S/CH2N3O3/c2-1(3)7-4(5)6/h2H2. The summed E-state index contributed by atoms with van der Waals surface area (Å²) in [5.41, 5.74) is 4.30. The van der Waals surface area contributed by atoms with Crippen molar-refractivity contribution in [2.24, 2.45) is 5.73 Å². The Morgan fingerprint density at radius 2 is 2.43 bits per heavy atom. The fraction of sp³-hybridized carbons (Fsp3) is 0. The summed E-state index contributed by atoms with van der Waals surface area (Å²) in [6.07, 6.45) is 0. The van der Waals surface area contributed by atoms with Gasteiger partial charge in [-0.25, -0.2) is 4.84 Å². The number of rotatable bonds is 1.